The summed E-state index contributed by atoms with van der Waals surface area (Å²) in [4.78, 5) is 23.4. The second-order valence-electron chi connectivity index (χ2n) is 4.39. The molecule has 0 aromatic rings. The van der Waals surface area contributed by atoms with E-state index in [1.54, 1.807) is 14.0 Å². The average Bonchev–Trinajstić information content (AvgIpc) is 2.42. The third kappa shape index (κ3) is 7.79. The minimum Gasteiger partial charge on any atom is -0.468 e. The van der Waals surface area contributed by atoms with Crippen molar-refractivity contribution in [1.82, 2.24) is 10.6 Å². The van der Waals surface area contributed by atoms with Crippen LogP contribution in [0.15, 0.2) is 0 Å². The van der Waals surface area contributed by atoms with Crippen LogP contribution in [-0.2, 0) is 19.1 Å². The highest BCUT2D eigenvalue weighted by Gasteiger charge is 2.23. The molecule has 0 heterocycles. The Balaban J connectivity index is 4.23. The molecule has 0 aliphatic carbocycles. The van der Waals surface area contributed by atoms with E-state index in [0.29, 0.717) is 19.6 Å². The number of unbranched alkanes of at least 4 members (excludes halogenated alkanes) is 1. The van der Waals surface area contributed by atoms with Gasteiger partial charge in [-0.05, 0) is 13.3 Å². The van der Waals surface area contributed by atoms with E-state index in [0.717, 1.165) is 12.8 Å². The lowest BCUT2D eigenvalue weighted by atomic mass is 10.1. The molecular weight excluding hydrogens is 248 g/mol. The zero-order valence-electron chi connectivity index (χ0n) is 12.3. The Bertz CT molecular complexity index is 271. The van der Waals surface area contributed by atoms with E-state index in [2.05, 4.69) is 17.6 Å². The van der Waals surface area contributed by atoms with Crippen LogP contribution in [0.3, 0.4) is 0 Å². The van der Waals surface area contributed by atoms with Crippen LogP contribution < -0.4 is 10.6 Å². The molecule has 0 aliphatic heterocycles. The summed E-state index contributed by atoms with van der Waals surface area (Å²) in [5.41, 5.74) is 0. The van der Waals surface area contributed by atoms with Crippen LogP contribution in [0, 0.1) is 0 Å². The topological polar surface area (TPSA) is 76.7 Å². The first-order chi connectivity index (χ1) is 9.06. The molecule has 0 saturated carbocycles. The summed E-state index contributed by atoms with van der Waals surface area (Å²) in [6, 6.07) is -0.883. The van der Waals surface area contributed by atoms with Crippen molar-refractivity contribution in [2.75, 3.05) is 27.4 Å². The van der Waals surface area contributed by atoms with Gasteiger partial charge in [-0.3, -0.25) is 14.9 Å². The van der Waals surface area contributed by atoms with Gasteiger partial charge in [-0.2, -0.15) is 0 Å². The van der Waals surface area contributed by atoms with Gasteiger partial charge in [0.15, 0.2) is 0 Å². The summed E-state index contributed by atoms with van der Waals surface area (Å²) in [7, 11) is 2.93. The second-order valence-corrected chi connectivity index (χ2v) is 4.39. The Morgan fingerprint density at radius 2 is 1.95 bits per heavy atom. The molecule has 0 rings (SSSR count). The van der Waals surface area contributed by atoms with E-state index in [9.17, 15) is 9.59 Å². The largest absolute Gasteiger partial charge is 0.468 e. The molecule has 0 fully saturated rings. The maximum atomic E-state index is 11.8. The Labute approximate surface area is 115 Å². The normalized spacial score (nSPS) is 13.7. The first-order valence-corrected chi connectivity index (χ1v) is 6.67. The molecule has 0 saturated heterocycles. The van der Waals surface area contributed by atoms with Crippen molar-refractivity contribution in [2.24, 2.45) is 0 Å². The molecule has 0 spiro atoms. The van der Waals surface area contributed by atoms with Gasteiger partial charge in [0.05, 0.1) is 19.8 Å². The molecule has 0 aromatic heterocycles. The fourth-order valence-corrected chi connectivity index (χ4v) is 1.63. The number of hydrogen-bond donors (Lipinski definition) is 2. The minimum absolute atomic E-state index is 0.151. The molecule has 0 bridgehead atoms. The zero-order valence-corrected chi connectivity index (χ0v) is 12.3. The quantitative estimate of drug-likeness (QED) is 0.447. The van der Waals surface area contributed by atoms with Gasteiger partial charge in [0, 0.05) is 13.7 Å². The molecule has 0 radical (unpaired) electrons. The van der Waals surface area contributed by atoms with Gasteiger partial charge in [-0.15, -0.1) is 0 Å². The lowest BCUT2D eigenvalue weighted by Gasteiger charge is -2.20. The van der Waals surface area contributed by atoms with E-state index >= 15 is 0 Å². The number of rotatable bonds is 10. The van der Waals surface area contributed by atoms with Gasteiger partial charge < -0.3 is 14.8 Å². The lowest BCUT2D eigenvalue weighted by Crippen LogP contribution is -2.50. The minimum atomic E-state index is -0.446. The van der Waals surface area contributed by atoms with Crippen molar-refractivity contribution in [3.63, 3.8) is 0 Å². The maximum absolute atomic E-state index is 11.8. The van der Waals surface area contributed by atoms with Crippen molar-refractivity contribution < 1.29 is 19.1 Å². The predicted molar refractivity (Wildman–Crippen MR) is 72.8 cm³/mol. The van der Waals surface area contributed by atoms with Gasteiger partial charge in [0.2, 0.25) is 5.91 Å². The molecule has 2 N–H and O–H groups in total. The number of carbonyl (C=O) groups excluding carboxylic acids is 2. The molecule has 0 aromatic carbocycles. The highest BCUT2D eigenvalue weighted by Crippen LogP contribution is 2.03. The van der Waals surface area contributed by atoms with Gasteiger partial charge >= 0.3 is 5.97 Å². The number of ether oxygens (including phenoxy) is 2. The van der Waals surface area contributed by atoms with E-state index < -0.39 is 12.1 Å². The van der Waals surface area contributed by atoms with E-state index in [1.165, 1.54) is 7.11 Å². The number of nitrogens with one attached hydrogen (secondary N) is 2. The Morgan fingerprint density at radius 3 is 2.47 bits per heavy atom. The monoisotopic (exact) mass is 274 g/mol. The number of hydrogen-bond acceptors (Lipinski definition) is 5. The molecule has 1 amide bonds. The molecule has 6 heteroatoms. The zero-order chi connectivity index (χ0) is 14.7. The number of amides is 1. The summed E-state index contributed by atoms with van der Waals surface area (Å²) in [6.07, 6.45) is 2.56. The van der Waals surface area contributed by atoms with Crippen molar-refractivity contribution in [1.29, 1.82) is 0 Å². The Hall–Kier alpha value is -1.14. The molecule has 2 atom stereocenters. The van der Waals surface area contributed by atoms with Gasteiger partial charge in [-0.1, -0.05) is 19.8 Å². The SMILES string of the molecule is CCCCC(NC(C)C(=O)NCCOC)C(=O)OC. The van der Waals surface area contributed by atoms with Gasteiger partial charge in [0.1, 0.15) is 6.04 Å². The highest BCUT2D eigenvalue weighted by molar-refractivity contribution is 5.83. The fraction of sp³-hybridized carbons (Fsp3) is 0.846. The summed E-state index contributed by atoms with van der Waals surface area (Å²) in [5.74, 6) is -0.479. The van der Waals surface area contributed by atoms with Crippen LogP contribution in [0.5, 0.6) is 0 Å². The molecule has 0 aliphatic rings. The summed E-state index contributed by atoms with van der Waals surface area (Å²) >= 11 is 0. The van der Waals surface area contributed by atoms with Crippen molar-refractivity contribution in [3.05, 3.63) is 0 Å². The second kappa shape index (κ2) is 10.8. The molecule has 6 nitrogen and oxygen atoms in total. The average molecular weight is 274 g/mol. The number of methoxy groups -OCH3 is 2. The number of esters is 1. The van der Waals surface area contributed by atoms with Crippen LogP contribution in [0.2, 0.25) is 0 Å². The highest BCUT2D eigenvalue weighted by atomic mass is 16.5. The van der Waals surface area contributed by atoms with Crippen LogP contribution >= 0.6 is 0 Å². The lowest BCUT2D eigenvalue weighted by molar-refractivity contribution is -0.143. The van der Waals surface area contributed by atoms with Crippen molar-refractivity contribution in [2.45, 2.75) is 45.2 Å². The Kier molecular flexibility index (Phi) is 10.1. The third-order valence-electron chi connectivity index (χ3n) is 2.78. The molecule has 19 heavy (non-hydrogen) atoms. The van der Waals surface area contributed by atoms with Crippen LogP contribution in [0.4, 0.5) is 0 Å². The van der Waals surface area contributed by atoms with E-state index in [-0.39, 0.29) is 11.9 Å². The van der Waals surface area contributed by atoms with E-state index in [1.807, 2.05) is 0 Å². The standard InChI is InChI=1S/C13H26N2O4/c1-5-6-7-11(13(17)19-4)15-10(2)12(16)14-8-9-18-3/h10-11,15H,5-9H2,1-4H3,(H,14,16). The molecule has 112 valence electrons. The smallest absolute Gasteiger partial charge is 0.322 e. The summed E-state index contributed by atoms with van der Waals surface area (Å²) in [6.45, 7) is 4.70. The molecule has 2 unspecified atom stereocenters. The van der Waals surface area contributed by atoms with Crippen LogP contribution in [0.1, 0.15) is 33.1 Å². The van der Waals surface area contributed by atoms with E-state index in [4.69, 9.17) is 9.47 Å². The van der Waals surface area contributed by atoms with Gasteiger partial charge in [-0.25, -0.2) is 0 Å². The first kappa shape index (κ1) is 17.9. The fourth-order valence-electron chi connectivity index (χ4n) is 1.63. The maximum Gasteiger partial charge on any atom is 0.322 e. The Morgan fingerprint density at radius 1 is 1.26 bits per heavy atom. The van der Waals surface area contributed by atoms with Crippen molar-refractivity contribution >= 4 is 11.9 Å². The summed E-state index contributed by atoms with van der Waals surface area (Å²) in [5, 5.41) is 5.72. The van der Waals surface area contributed by atoms with Gasteiger partial charge in [0.25, 0.3) is 0 Å². The molecular formula is C13H26N2O4. The third-order valence-corrected chi connectivity index (χ3v) is 2.78. The first-order valence-electron chi connectivity index (χ1n) is 6.67. The van der Waals surface area contributed by atoms with Crippen LogP contribution in [0.25, 0.3) is 0 Å². The predicted octanol–water partition coefficient (Wildman–Crippen LogP) is 0.459. The summed E-state index contributed by atoms with van der Waals surface area (Å²) < 4.78 is 9.59. The van der Waals surface area contributed by atoms with Crippen LogP contribution in [-0.4, -0.2) is 51.3 Å². The number of carbonyl (C=O) groups is 2. The van der Waals surface area contributed by atoms with Crippen molar-refractivity contribution in [3.8, 4) is 0 Å².